The Kier molecular flexibility index (Phi) is 5.18. The third-order valence-electron chi connectivity index (χ3n) is 2.99. The molecule has 0 aliphatic carbocycles. The van der Waals surface area contributed by atoms with E-state index in [2.05, 4.69) is 31.0 Å². The Bertz CT molecular complexity index is 897. The number of benzene rings is 1. The molecule has 0 spiro atoms. The van der Waals surface area contributed by atoms with Crippen molar-refractivity contribution in [3.8, 4) is 5.69 Å². The predicted molar refractivity (Wildman–Crippen MR) is 88.0 cm³/mol. The third-order valence-corrected chi connectivity index (χ3v) is 4.91. The molecule has 0 bridgehead atoms. The van der Waals surface area contributed by atoms with E-state index in [0.29, 0.717) is 10.8 Å². The van der Waals surface area contributed by atoms with Crippen molar-refractivity contribution in [3.05, 3.63) is 35.3 Å². The molecule has 3 aromatic rings. The molecule has 1 amide bonds. The Morgan fingerprint density at radius 2 is 1.96 bits per heavy atom. The van der Waals surface area contributed by atoms with Gasteiger partial charge in [0.05, 0.1) is 10.9 Å². The van der Waals surface area contributed by atoms with Crippen LogP contribution in [0.2, 0.25) is 0 Å². The van der Waals surface area contributed by atoms with Crippen molar-refractivity contribution in [2.75, 3.05) is 5.32 Å². The lowest BCUT2D eigenvalue weighted by molar-refractivity contribution is -0.138. The normalized spacial score (nSPS) is 12.8. The summed E-state index contributed by atoms with van der Waals surface area (Å²) in [5.41, 5.74) is 0.714. The minimum atomic E-state index is -4.60. The average molecular weight is 401 g/mol. The van der Waals surface area contributed by atoms with E-state index in [9.17, 15) is 18.0 Å². The van der Waals surface area contributed by atoms with Gasteiger partial charge in [0.2, 0.25) is 21.2 Å². The molecule has 0 saturated carbocycles. The molecule has 0 unspecified atom stereocenters. The van der Waals surface area contributed by atoms with Gasteiger partial charge in [-0.05, 0) is 29.5 Å². The fourth-order valence-corrected chi connectivity index (χ4v) is 3.21. The zero-order valence-electron chi connectivity index (χ0n) is 13.0. The van der Waals surface area contributed by atoms with Gasteiger partial charge in [-0.25, -0.2) is 0 Å². The van der Waals surface area contributed by atoms with Crippen LogP contribution >= 0.6 is 23.1 Å². The maximum Gasteiger partial charge on any atom is 0.445 e. The van der Waals surface area contributed by atoms with E-state index < -0.39 is 22.3 Å². The van der Waals surface area contributed by atoms with Gasteiger partial charge in [-0.3, -0.25) is 10.1 Å². The monoisotopic (exact) mass is 401 g/mol. The molecule has 1 N–H and O–H groups in total. The number of nitrogens with zero attached hydrogens (tertiary/aromatic N) is 6. The van der Waals surface area contributed by atoms with E-state index in [1.54, 1.807) is 19.1 Å². The Morgan fingerprint density at radius 1 is 1.23 bits per heavy atom. The Hall–Kier alpha value is -2.54. The quantitative estimate of drug-likeness (QED) is 0.656. The van der Waals surface area contributed by atoms with Crippen molar-refractivity contribution in [3.63, 3.8) is 0 Å². The number of hydrogen-bond acceptors (Lipinski definition) is 8. The second kappa shape index (κ2) is 7.37. The van der Waals surface area contributed by atoms with Crippen molar-refractivity contribution < 1.29 is 18.0 Å². The van der Waals surface area contributed by atoms with Gasteiger partial charge in [-0.15, -0.1) is 15.3 Å². The first-order chi connectivity index (χ1) is 12.3. The molecule has 0 aliphatic rings. The molecular formula is C13H10F3N7OS2. The minimum Gasteiger partial charge on any atom is -0.300 e. The largest absolute Gasteiger partial charge is 0.445 e. The van der Waals surface area contributed by atoms with Crippen LogP contribution < -0.4 is 5.32 Å². The summed E-state index contributed by atoms with van der Waals surface area (Å²) >= 11 is 1.32. The predicted octanol–water partition coefficient (Wildman–Crippen LogP) is 2.65. The van der Waals surface area contributed by atoms with Crippen LogP contribution in [0.3, 0.4) is 0 Å². The van der Waals surface area contributed by atoms with Crippen molar-refractivity contribution >= 4 is 34.1 Å². The second-order valence-corrected chi connectivity index (χ2v) is 7.15. The van der Waals surface area contributed by atoms with Crippen LogP contribution in [0.25, 0.3) is 5.69 Å². The summed E-state index contributed by atoms with van der Waals surface area (Å²) in [5.74, 6) is -0.539. The Morgan fingerprint density at radius 3 is 2.62 bits per heavy atom. The number of hydrogen-bond donors (Lipinski definition) is 1. The van der Waals surface area contributed by atoms with E-state index in [0.717, 1.165) is 11.8 Å². The highest BCUT2D eigenvalue weighted by Gasteiger charge is 2.36. The highest BCUT2D eigenvalue weighted by atomic mass is 32.2. The van der Waals surface area contributed by atoms with Crippen LogP contribution in [-0.4, -0.2) is 41.6 Å². The Balaban J connectivity index is 1.67. The number of rotatable bonds is 5. The Labute approximate surface area is 152 Å². The maximum atomic E-state index is 12.5. The molecule has 136 valence electrons. The standard InChI is InChI=1S/C13H10F3N7OS2/c1-7(9(24)17-11-19-18-10(26-11)13(14,15)16)25-12-20-21-22-23(12)8-5-3-2-4-6-8/h2-7H,1H3,(H,17,19,24)/t7-/m0/s1. The van der Waals surface area contributed by atoms with Crippen LogP contribution in [0.5, 0.6) is 0 Å². The lowest BCUT2D eigenvalue weighted by Gasteiger charge is -2.09. The number of amides is 1. The van der Waals surface area contributed by atoms with Crippen molar-refractivity contribution in [1.82, 2.24) is 30.4 Å². The zero-order valence-corrected chi connectivity index (χ0v) is 14.6. The summed E-state index contributed by atoms with van der Waals surface area (Å²) in [6.07, 6.45) is -4.60. The fraction of sp³-hybridized carbons (Fsp3) is 0.231. The minimum absolute atomic E-state index is 0.225. The number of tetrazole rings is 1. The molecule has 1 atom stereocenters. The number of halogens is 3. The van der Waals surface area contributed by atoms with E-state index in [1.165, 1.54) is 4.68 Å². The number of anilines is 1. The van der Waals surface area contributed by atoms with Gasteiger partial charge in [-0.2, -0.15) is 17.9 Å². The molecule has 3 rings (SSSR count). The summed E-state index contributed by atoms with van der Waals surface area (Å²) in [6, 6.07) is 9.06. The van der Waals surface area contributed by atoms with E-state index in [4.69, 9.17) is 0 Å². The summed E-state index contributed by atoms with van der Waals surface area (Å²) < 4.78 is 39.0. The van der Waals surface area contributed by atoms with Crippen molar-refractivity contribution in [2.24, 2.45) is 0 Å². The SMILES string of the molecule is C[C@H](Sc1nnnn1-c1ccccc1)C(=O)Nc1nnc(C(F)(F)F)s1. The van der Waals surface area contributed by atoms with Crippen LogP contribution in [0.4, 0.5) is 18.3 Å². The van der Waals surface area contributed by atoms with E-state index in [1.807, 2.05) is 18.2 Å². The molecule has 26 heavy (non-hydrogen) atoms. The fourth-order valence-electron chi connectivity index (χ4n) is 1.79. The van der Waals surface area contributed by atoms with Gasteiger partial charge in [0.1, 0.15) is 0 Å². The van der Waals surface area contributed by atoms with Crippen LogP contribution in [-0.2, 0) is 11.0 Å². The van der Waals surface area contributed by atoms with Crippen molar-refractivity contribution in [2.45, 2.75) is 23.5 Å². The van der Waals surface area contributed by atoms with Gasteiger partial charge in [0.25, 0.3) is 0 Å². The molecule has 13 heteroatoms. The van der Waals surface area contributed by atoms with Gasteiger partial charge in [0.15, 0.2) is 0 Å². The average Bonchev–Trinajstić information content (AvgIpc) is 3.24. The lowest BCUT2D eigenvalue weighted by atomic mass is 10.3. The van der Waals surface area contributed by atoms with Crippen molar-refractivity contribution in [1.29, 1.82) is 0 Å². The maximum absolute atomic E-state index is 12.5. The van der Waals surface area contributed by atoms with Gasteiger partial charge in [-0.1, -0.05) is 41.3 Å². The summed E-state index contributed by atoms with van der Waals surface area (Å²) in [5, 5.41) is 18.3. The highest BCUT2D eigenvalue weighted by Crippen LogP contribution is 2.33. The van der Waals surface area contributed by atoms with Crippen LogP contribution in [0, 0.1) is 0 Å². The molecule has 0 saturated heterocycles. The highest BCUT2D eigenvalue weighted by molar-refractivity contribution is 8.00. The summed E-state index contributed by atoms with van der Waals surface area (Å²) in [7, 11) is 0. The van der Waals surface area contributed by atoms with E-state index >= 15 is 0 Å². The van der Waals surface area contributed by atoms with Crippen LogP contribution in [0.1, 0.15) is 11.9 Å². The van der Waals surface area contributed by atoms with Gasteiger partial charge in [0, 0.05) is 0 Å². The molecule has 1 aromatic carbocycles. The number of carbonyl (C=O) groups is 1. The van der Waals surface area contributed by atoms with Gasteiger partial charge >= 0.3 is 6.18 Å². The number of thioether (sulfide) groups is 1. The summed E-state index contributed by atoms with van der Waals surface area (Å²) in [6.45, 7) is 1.58. The van der Waals surface area contributed by atoms with Crippen LogP contribution in [0.15, 0.2) is 35.5 Å². The molecule has 2 heterocycles. The molecule has 0 fully saturated rings. The zero-order chi connectivity index (χ0) is 18.7. The number of para-hydroxylation sites is 1. The molecule has 0 radical (unpaired) electrons. The molecule has 2 aromatic heterocycles. The number of nitrogens with one attached hydrogen (secondary N) is 1. The van der Waals surface area contributed by atoms with E-state index in [-0.39, 0.29) is 16.5 Å². The first-order valence-corrected chi connectivity index (χ1v) is 8.76. The molecule has 0 aliphatic heterocycles. The first kappa shape index (κ1) is 18.3. The number of alkyl halides is 3. The topological polar surface area (TPSA) is 98.5 Å². The number of aromatic nitrogens is 6. The van der Waals surface area contributed by atoms with Gasteiger partial charge < -0.3 is 0 Å². The third kappa shape index (κ3) is 4.16. The second-order valence-electron chi connectivity index (χ2n) is 4.87. The smallest absolute Gasteiger partial charge is 0.300 e. The summed E-state index contributed by atoms with van der Waals surface area (Å²) in [4.78, 5) is 12.2. The lowest BCUT2D eigenvalue weighted by Crippen LogP contribution is -2.22. The first-order valence-electron chi connectivity index (χ1n) is 7.06. The molecular weight excluding hydrogens is 391 g/mol. The molecule has 8 nitrogen and oxygen atoms in total. The number of carbonyl (C=O) groups excluding carboxylic acids is 1.